The molecule has 0 spiro atoms. The zero-order valence-corrected chi connectivity index (χ0v) is 20.7. The van der Waals surface area contributed by atoms with Crippen molar-refractivity contribution in [2.24, 2.45) is 5.92 Å². The molecule has 0 radical (unpaired) electrons. The first-order chi connectivity index (χ1) is 15.9. The van der Waals surface area contributed by atoms with Gasteiger partial charge in [0.05, 0.1) is 16.8 Å². The van der Waals surface area contributed by atoms with Gasteiger partial charge in [-0.2, -0.15) is 0 Å². The first-order valence-electron chi connectivity index (χ1n) is 11.8. The summed E-state index contributed by atoms with van der Waals surface area (Å²) in [4.78, 5) is 29.4. The van der Waals surface area contributed by atoms with Crippen LogP contribution in [0.5, 0.6) is 0 Å². The molecule has 3 atom stereocenters. The quantitative estimate of drug-likeness (QED) is 0.520. The average molecular weight is 484 g/mol. The van der Waals surface area contributed by atoms with E-state index in [2.05, 4.69) is 12.2 Å². The van der Waals surface area contributed by atoms with Crippen molar-refractivity contribution >= 4 is 45.0 Å². The number of hydrogen-bond acceptors (Lipinski definition) is 3. The molecular weight excluding hydrogens is 454 g/mol. The average Bonchev–Trinajstić information content (AvgIpc) is 3.39. The van der Waals surface area contributed by atoms with Gasteiger partial charge in [-0.05, 0) is 67.3 Å². The molecule has 3 heterocycles. The lowest BCUT2D eigenvalue weighted by atomic mass is 9.85. The van der Waals surface area contributed by atoms with Crippen molar-refractivity contribution in [3.63, 3.8) is 0 Å². The lowest BCUT2D eigenvalue weighted by molar-refractivity contribution is -0.134. The Morgan fingerprint density at radius 3 is 2.73 bits per heavy atom. The zero-order chi connectivity index (χ0) is 23.2. The molecule has 1 aromatic carbocycles. The molecule has 2 aliphatic rings. The van der Waals surface area contributed by atoms with Crippen LogP contribution >= 0.6 is 22.9 Å². The zero-order valence-electron chi connectivity index (χ0n) is 19.1. The molecule has 33 heavy (non-hydrogen) atoms. The minimum Gasteiger partial charge on any atom is -0.351 e. The van der Waals surface area contributed by atoms with Gasteiger partial charge in [-0.15, -0.1) is 11.3 Å². The molecule has 2 aromatic heterocycles. The summed E-state index contributed by atoms with van der Waals surface area (Å²) in [6.07, 6.45) is 5.17. The van der Waals surface area contributed by atoms with Crippen molar-refractivity contribution in [2.45, 2.75) is 64.1 Å². The molecular formula is C26H30ClN3O2S. The third kappa shape index (κ3) is 4.08. The Labute approximate surface area is 203 Å². The van der Waals surface area contributed by atoms with Gasteiger partial charge in [0.1, 0.15) is 11.2 Å². The molecule has 174 valence electrons. The number of amides is 2. The van der Waals surface area contributed by atoms with Crippen LogP contribution < -0.4 is 5.32 Å². The number of carbonyl (C=O) groups is 2. The Hall–Kier alpha value is -2.31. The maximum absolute atomic E-state index is 13.8. The highest BCUT2D eigenvalue weighted by Gasteiger charge is 2.48. The number of fused-ring (bicyclic) bond motifs is 3. The molecule has 1 saturated carbocycles. The van der Waals surface area contributed by atoms with Gasteiger partial charge >= 0.3 is 0 Å². The van der Waals surface area contributed by atoms with Crippen LogP contribution in [-0.4, -0.2) is 39.4 Å². The van der Waals surface area contributed by atoms with Crippen LogP contribution in [-0.2, 0) is 17.8 Å². The Morgan fingerprint density at radius 1 is 1.21 bits per heavy atom. The Morgan fingerprint density at radius 2 is 1.97 bits per heavy atom. The minimum atomic E-state index is -0.957. The van der Waals surface area contributed by atoms with Gasteiger partial charge in [0.2, 0.25) is 5.91 Å². The number of nitrogens with one attached hydrogen (secondary N) is 1. The van der Waals surface area contributed by atoms with Crippen LogP contribution in [0.3, 0.4) is 0 Å². The van der Waals surface area contributed by atoms with E-state index in [9.17, 15) is 9.59 Å². The third-order valence-electron chi connectivity index (χ3n) is 7.50. The summed E-state index contributed by atoms with van der Waals surface area (Å²) in [6, 6.07) is 11.9. The standard InChI is InChI=1S/C26H30ClN3O2S/c1-17-5-3-4-6-20(17)28-25(32)26(2)16-29-21-12-14-33-23(21)15-22(29)24(31)30(26)13-11-18-7-9-19(27)10-8-18/h7-10,12,14-15,17,20H,3-6,11,13,16H2,1-2H3,(H,28,32)/t17-,20+,26+/m1/s1. The molecule has 3 aromatic rings. The summed E-state index contributed by atoms with van der Waals surface area (Å²) >= 11 is 7.67. The molecule has 1 aliphatic heterocycles. The first kappa shape index (κ1) is 22.5. The maximum Gasteiger partial charge on any atom is 0.271 e. The number of rotatable bonds is 5. The third-order valence-corrected chi connectivity index (χ3v) is 8.61. The van der Waals surface area contributed by atoms with Crippen molar-refractivity contribution in [1.29, 1.82) is 0 Å². The fourth-order valence-electron chi connectivity index (χ4n) is 5.37. The lowest BCUT2D eigenvalue weighted by Crippen LogP contribution is -2.65. The maximum atomic E-state index is 13.8. The molecule has 2 amide bonds. The number of hydrogen-bond donors (Lipinski definition) is 1. The summed E-state index contributed by atoms with van der Waals surface area (Å²) in [6.45, 7) is 5.08. The smallest absolute Gasteiger partial charge is 0.271 e. The van der Waals surface area contributed by atoms with E-state index in [0.717, 1.165) is 35.0 Å². The molecule has 0 unspecified atom stereocenters. The van der Waals surface area contributed by atoms with Crippen molar-refractivity contribution in [3.8, 4) is 0 Å². The van der Waals surface area contributed by atoms with E-state index in [4.69, 9.17) is 11.6 Å². The van der Waals surface area contributed by atoms with Gasteiger partial charge in [-0.25, -0.2) is 0 Å². The molecule has 0 bridgehead atoms. The van der Waals surface area contributed by atoms with Crippen molar-refractivity contribution in [1.82, 2.24) is 14.8 Å². The Kier molecular flexibility index (Phi) is 6.00. The number of aromatic nitrogens is 1. The number of nitrogens with zero attached hydrogens (tertiary/aromatic N) is 2. The normalized spacial score (nSPS) is 25.3. The van der Waals surface area contributed by atoms with E-state index in [1.165, 1.54) is 6.42 Å². The van der Waals surface area contributed by atoms with E-state index >= 15 is 0 Å². The SMILES string of the molecule is C[C@@H]1CCCC[C@@H]1NC(=O)[C@]1(C)Cn2c(cc3sccc32)C(=O)N1CCc1ccc(Cl)cc1. The van der Waals surface area contributed by atoms with Gasteiger partial charge in [0, 0.05) is 17.6 Å². The van der Waals surface area contributed by atoms with Gasteiger partial charge in [0.25, 0.3) is 5.91 Å². The molecule has 1 aliphatic carbocycles. The van der Waals surface area contributed by atoms with Gasteiger partial charge < -0.3 is 14.8 Å². The highest BCUT2D eigenvalue weighted by molar-refractivity contribution is 7.17. The molecule has 5 rings (SSSR count). The van der Waals surface area contributed by atoms with Crippen LogP contribution in [0, 0.1) is 5.92 Å². The first-order valence-corrected chi connectivity index (χ1v) is 13.1. The van der Waals surface area contributed by atoms with Crippen LogP contribution in [0.15, 0.2) is 41.8 Å². The lowest BCUT2D eigenvalue weighted by Gasteiger charge is -2.45. The van der Waals surface area contributed by atoms with Crippen LogP contribution in [0.25, 0.3) is 10.2 Å². The number of halogens is 1. The number of carbonyl (C=O) groups excluding carboxylic acids is 2. The monoisotopic (exact) mass is 483 g/mol. The highest BCUT2D eigenvalue weighted by Crippen LogP contribution is 2.35. The predicted octanol–water partition coefficient (Wildman–Crippen LogP) is 5.51. The Balaban J connectivity index is 1.47. The summed E-state index contributed by atoms with van der Waals surface area (Å²) in [5.41, 5.74) is 1.84. The van der Waals surface area contributed by atoms with Crippen molar-refractivity contribution in [3.05, 3.63) is 58.1 Å². The van der Waals surface area contributed by atoms with E-state index < -0.39 is 5.54 Å². The number of thiophene rings is 1. The van der Waals surface area contributed by atoms with E-state index in [1.54, 1.807) is 16.2 Å². The van der Waals surface area contributed by atoms with E-state index in [1.807, 2.05) is 53.3 Å². The summed E-state index contributed by atoms with van der Waals surface area (Å²) in [7, 11) is 0. The van der Waals surface area contributed by atoms with Crippen molar-refractivity contribution in [2.75, 3.05) is 6.54 Å². The van der Waals surface area contributed by atoms with Crippen LogP contribution in [0.2, 0.25) is 5.02 Å². The largest absolute Gasteiger partial charge is 0.351 e. The van der Waals surface area contributed by atoms with E-state index in [-0.39, 0.29) is 17.9 Å². The van der Waals surface area contributed by atoms with Gasteiger partial charge in [0.15, 0.2) is 0 Å². The fraction of sp³-hybridized carbons (Fsp3) is 0.462. The summed E-state index contributed by atoms with van der Waals surface area (Å²) in [5.74, 6) is 0.334. The molecule has 0 saturated heterocycles. The van der Waals surface area contributed by atoms with Crippen molar-refractivity contribution < 1.29 is 9.59 Å². The second-order valence-corrected chi connectivity index (χ2v) is 11.1. The van der Waals surface area contributed by atoms with Crippen LogP contribution in [0.4, 0.5) is 0 Å². The summed E-state index contributed by atoms with van der Waals surface area (Å²) < 4.78 is 3.12. The summed E-state index contributed by atoms with van der Waals surface area (Å²) in [5, 5.41) is 6.07. The second kappa shape index (κ2) is 8.80. The highest BCUT2D eigenvalue weighted by atomic mass is 35.5. The molecule has 1 N–H and O–H groups in total. The molecule has 5 nitrogen and oxygen atoms in total. The molecule has 7 heteroatoms. The minimum absolute atomic E-state index is 0.0477. The number of benzene rings is 1. The van der Waals surface area contributed by atoms with E-state index in [0.29, 0.717) is 36.1 Å². The predicted molar refractivity (Wildman–Crippen MR) is 134 cm³/mol. The topological polar surface area (TPSA) is 54.3 Å². The van der Waals surface area contributed by atoms with Gasteiger partial charge in [-0.3, -0.25) is 9.59 Å². The van der Waals surface area contributed by atoms with Crippen LogP contribution in [0.1, 0.15) is 55.6 Å². The van der Waals surface area contributed by atoms with Gasteiger partial charge in [-0.1, -0.05) is 43.5 Å². The second-order valence-electron chi connectivity index (χ2n) is 9.73. The molecule has 1 fully saturated rings. The Bertz CT molecular complexity index is 1180. The fourth-order valence-corrected chi connectivity index (χ4v) is 6.32.